The van der Waals surface area contributed by atoms with Gasteiger partial charge >= 0.3 is 0 Å². The molecule has 4 rings (SSSR count). The Kier molecular flexibility index (Phi) is 3.09. The fraction of sp³-hybridized carbons (Fsp3) is 0.267. The van der Waals surface area contributed by atoms with Crippen molar-refractivity contribution in [1.29, 1.82) is 0 Å². The third-order valence-corrected chi connectivity index (χ3v) is 4.05. The minimum absolute atomic E-state index is 0.243. The summed E-state index contributed by atoms with van der Waals surface area (Å²) in [5.74, 6) is 0.887. The van der Waals surface area contributed by atoms with E-state index in [4.69, 9.17) is 11.6 Å². The number of halogens is 1. The average molecular weight is 300 g/mol. The van der Waals surface area contributed by atoms with E-state index in [1.807, 2.05) is 40.9 Å². The van der Waals surface area contributed by atoms with Gasteiger partial charge in [0.25, 0.3) is 0 Å². The van der Waals surface area contributed by atoms with Crippen molar-refractivity contribution in [2.24, 2.45) is 0 Å². The molecule has 1 fully saturated rings. The second-order valence-corrected chi connectivity index (χ2v) is 5.64. The second kappa shape index (κ2) is 5.09. The molecule has 0 bridgehead atoms. The Labute approximate surface area is 127 Å². The number of rotatable bonds is 2. The highest BCUT2D eigenvalue weighted by molar-refractivity contribution is 6.30. The summed E-state index contributed by atoms with van der Waals surface area (Å²) in [6.45, 7) is 1.02. The predicted octanol–water partition coefficient (Wildman–Crippen LogP) is 2.87. The van der Waals surface area contributed by atoms with Crippen molar-refractivity contribution < 1.29 is 0 Å². The van der Waals surface area contributed by atoms with Gasteiger partial charge in [0.05, 0.1) is 11.7 Å². The van der Waals surface area contributed by atoms with Crippen LogP contribution >= 0.6 is 11.6 Å². The van der Waals surface area contributed by atoms with E-state index in [1.165, 1.54) is 0 Å². The Bertz CT molecular complexity index is 774. The first kappa shape index (κ1) is 12.7. The third-order valence-electron chi connectivity index (χ3n) is 3.80. The molecule has 6 heteroatoms. The van der Waals surface area contributed by atoms with Crippen molar-refractivity contribution in [3.63, 3.8) is 0 Å². The quantitative estimate of drug-likeness (QED) is 0.790. The van der Waals surface area contributed by atoms with Gasteiger partial charge in [0.2, 0.25) is 0 Å². The fourth-order valence-corrected chi connectivity index (χ4v) is 2.83. The van der Waals surface area contributed by atoms with E-state index in [1.54, 1.807) is 0 Å². The van der Waals surface area contributed by atoms with Crippen LogP contribution in [0.15, 0.2) is 36.4 Å². The number of nitrogens with zero attached hydrogens (tertiary/aromatic N) is 4. The molecule has 0 aliphatic carbocycles. The molecular formula is C15H14ClN5. The van der Waals surface area contributed by atoms with Crippen LogP contribution in [0.2, 0.25) is 5.02 Å². The van der Waals surface area contributed by atoms with Crippen LogP contribution in [0.1, 0.15) is 24.7 Å². The number of hydrogen-bond acceptors (Lipinski definition) is 4. The first-order valence-corrected chi connectivity index (χ1v) is 7.41. The molecule has 0 radical (unpaired) electrons. The number of aromatic nitrogens is 4. The number of fused-ring (bicyclic) bond motifs is 1. The zero-order valence-corrected chi connectivity index (χ0v) is 12.1. The first-order chi connectivity index (χ1) is 10.3. The lowest BCUT2D eigenvalue weighted by molar-refractivity contribution is 0.585. The van der Waals surface area contributed by atoms with Crippen LogP contribution in [0.5, 0.6) is 0 Å². The highest BCUT2D eigenvalue weighted by atomic mass is 35.5. The Balaban J connectivity index is 1.80. The Hall–Kier alpha value is -1.98. The zero-order chi connectivity index (χ0) is 14.2. The van der Waals surface area contributed by atoms with E-state index < -0.39 is 0 Å². The van der Waals surface area contributed by atoms with Crippen LogP contribution in [-0.4, -0.2) is 26.4 Å². The lowest BCUT2D eigenvalue weighted by Gasteiger charge is -2.08. The van der Waals surface area contributed by atoms with E-state index >= 15 is 0 Å². The third kappa shape index (κ3) is 2.28. The lowest BCUT2D eigenvalue weighted by Crippen LogP contribution is -2.16. The number of benzene rings is 1. The van der Waals surface area contributed by atoms with Crippen molar-refractivity contribution in [2.45, 2.75) is 18.9 Å². The van der Waals surface area contributed by atoms with E-state index in [2.05, 4.69) is 20.6 Å². The maximum atomic E-state index is 5.93. The van der Waals surface area contributed by atoms with E-state index in [-0.39, 0.29) is 6.04 Å². The fourth-order valence-electron chi connectivity index (χ4n) is 2.70. The molecule has 1 aliphatic heterocycles. The number of hydrogen-bond donors (Lipinski definition) is 1. The summed E-state index contributed by atoms with van der Waals surface area (Å²) in [5.41, 5.74) is 2.69. The standard InChI is InChI=1S/C15H14ClN5/c16-11-5-3-10(4-6-11)12-7-8-14-18-19-15(21(14)20-12)13-2-1-9-17-13/h3-8,13,17H,1-2,9H2. The van der Waals surface area contributed by atoms with Crippen molar-refractivity contribution in [2.75, 3.05) is 6.54 Å². The zero-order valence-electron chi connectivity index (χ0n) is 11.3. The van der Waals surface area contributed by atoms with Gasteiger partial charge in [-0.05, 0) is 43.7 Å². The summed E-state index contributed by atoms with van der Waals surface area (Å²) in [6.07, 6.45) is 2.24. The Morgan fingerprint density at radius 3 is 2.71 bits per heavy atom. The summed E-state index contributed by atoms with van der Waals surface area (Å²) < 4.78 is 1.84. The van der Waals surface area contributed by atoms with E-state index in [9.17, 15) is 0 Å². The summed E-state index contributed by atoms with van der Waals surface area (Å²) >= 11 is 5.93. The maximum absolute atomic E-state index is 5.93. The van der Waals surface area contributed by atoms with E-state index in [0.717, 1.165) is 47.1 Å². The molecule has 0 amide bonds. The summed E-state index contributed by atoms with van der Waals surface area (Å²) in [7, 11) is 0. The van der Waals surface area contributed by atoms with Crippen LogP contribution in [0, 0.1) is 0 Å². The molecule has 1 atom stereocenters. The second-order valence-electron chi connectivity index (χ2n) is 5.20. The van der Waals surface area contributed by atoms with Crippen LogP contribution in [-0.2, 0) is 0 Å². The number of nitrogens with one attached hydrogen (secondary N) is 1. The molecule has 5 nitrogen and oxygen atoms in total. The van der Waals surface area contributed by atoms with Gasteiger partial charge in [-0.3, -0.25) is 0 Å². The van der Waals surface area contributed by atoms with Crippen molar-refractivity contribution in [1.82, 2.24) is 25.1 Å². The van der Waals surface area contributed by atoms with Crippen LogP contribution in [0.25, 0.3) is 16.9 Å². The van der Waals surface area contributed by atoms with Crippen LogP contribution < -0.4 is 5.32 Å². The van der Waals surface area contributed by atoms with Gasteiger partial charge in [-0.2, -0.15) is 9.61 Å². The smallest absolute Gasteiger partial charge is 0.178 e. The molecule has 0 spiro atoms. The molecule has 1 aliphatic rings. The minimum atomic E-state index is 0.243. The lowest BCUT2D eigenvalue weighted by atomic mass is 10.1. The van der Waals surface area contributed by atoms with Gasteiger partial charge in [0.15, 0.2) is 11.5 Å². The van der Waals surface area contributed by atoms with Gasteiger partial charge in [-0.1, -0.05) is 23.7 Å². The molecule has 1 aromatic carbocycles. The Morgan fingerprint density at radius 1 is 1.10 bits per heavy atom. The van der Waals surface area contributed by atoms with Gasteiger partial charge < -0.3 is 5.32 Å². The minimum Gasteiger partial charge on any atom is -0.307 e. The molecule has 1 unspecified atom stereocenters. The summed E-state index contributed by atoms with van der Waals surface area (Å²) in [5, 5.41) is 17.3. The maximum Gasteiger partial charge on any atom is 0.178 e. The summed E-state index contributed by atoms with van der Waals surface area (Å²) in [6, 6.07) is 11.8. The topological polar surface area (TPSA) is 55.1 Å². The molecule has 0 saturated carbocycles. The SMILES string of the molecule is Clc1ccc(-c2ccc3nnc(C4CCCN4)n3n2)cc1. The van der Waals surface area contributed by atoms with Gasteiger partial charge in [-0.15, -0.1) is 10.2 Å². The van der Waals surface area contributed by atoms with Crippen molar-refractivity contribution in [3.05, 3.63) is 47.2 Å². The Morgan fingerprint density at radius 2 is 1.95 bits per heavy atom. The first-order valence-electron chi connectivity index (χ1n) is 7.03. The van der Waals surface area contributed by atoms with Crippen molar-refractivity contribution >= 4 is 17.2 Å². The normalized spacial score (nSPS) is 18.4. The largest absolute Gasteiger partial charge is 0.307 e. The summed E-state index contributed by atoms with van der Waals surface area (Å²) in [4.78, 5) is 0. The molecule has 3 heterocycles. The highest BCUT2D eigenvalue weighted by Crippen LogP contribution is 2.24. The van der Waals surface area contributed by atoms with Gasteiger partial charge in [-0.25, -0.2) is 0 Å². The van der Waals surface area contributed by atoms with Gasteiger partial charge in [0, 0.05) is 10.6 Å². The molecule has 21 heavy (non-hydrogen) atoms. The predicted molar refractivity (Wildman–Crippen MR) is 81.2 cm³/mol. The molecule has 1 saturated heterocycles. The van der Waals surface area contributed by atoms with Crippen molar-refractivity contribution in [3.8, 4) is 11.3 Å². The molecular weight excluding hydrogens is 286 g/mol. The molecule has 3 aromatic rings. The van der Waals surface area contributed by atoms with Crippen LogP contribution in [0.4, 0.5) is 0 Å². The highest BCUT2D eigenvalue weighted by Gasteiger charge is 2.22. The van der Waals surface area contributed by atoms with Gasteiger partial charge in [0.1, 0.15) is 0 Å². The molecule has 2 aromatic heterocycles. The molecule has 106 valence electrons. The molecule has 1 N–H and O–H groups in total. The van der Waals surface area contributed by atoms with Crippen LogP contribution in [0.3, 0.4) is 0 Å². The average Bonchev–Trinajstić information content (AvgIpc) is 3.16. The monoisotopic (exact) mass is 299 g/mol. The van der Waals surface area contributed by atoms with E-state index in [0.29, 0.717) is 0 Å².